The average Bonchev–Trinajstić information content (AvgIpc) is 2.40. The molecule has 0 aliphatic rings. The normalized spacial score (nSPS) is 10.4. The first-order valence-electron chi connectivity index (χ1n) is 6.16. The molecule has 0 N–H and O–H groups in total. The number of rotatable bonds is 4. The van der Waals surface area contributed by atoms with Crippen molar-refractivity contribution in [2.45, 2.75) is 26.9 Å². The van der Waals surface area contributed by atoms with Crippen LogP contribution in [-0.4, -0.2) is 0 Å². The van der Waals surface area contributed by atoms with Crippen LogP contribution in [0.2, 0.25) is 0 Å². The molecule has 94 valence electrons. The van der Waals surface area contributed by atoms with Crippen LogP contribution in [0.25, 0.3) is 0 Å². The van der Waals surface area contributed by atoms with Crippen LogP contribution in [0.5, 0.6) is 5.75 Å². The van der Waals surface area contributed by atoms with E-state index in [0.717, 1.165) is 17.5 Å². The lowest BCUT2D eigenvalue weighted by atomic mass is 10.1. The molecule has 2 aromatic carbocycles. The molecule has 0 fully saturated rings. The largest absolute Gasteiger partial charge is 0.489 e. The minimum absolute atomic E-state index is 0.267. The third kappa shape index (κ3) is 3.10. The maximum Gasteiger partial charge on any atom is 0.126 e. The Morgan fingerprint density at radius 1 is 1.00 bits per heavy atom. The predicted molar refractivity (Wildman–Crippen MR) is 71.3 cm³/mol. The molecule has 0 amide bonds. The highest BCUT2D eigenvalue weighted by Gasteiger charge is 2.02. The lowest BCUT2D eigenvalue weighted by Crippen LogP contribution is -1.97. The van der Waals surface area contributed by atoms with E-state index in [1.165, 1.54) is 17.7 Å². The van der Waals surface area contributed by atoms with Gasteiger partial charge in [-0.1, -0.05) is 37.3 Å². The van der Waals surface area contributed by atoms with Gasteiger partial charge >= 0.3 is 0 Å². The molecule has 0 aromatic heterocycles. The summed E-state index contributed by atoms with van der Waals surface area (Å²) in [7, 11) is 0. The smallest absolute Gasteiger partial charge is 0.126 e. The average molecular weight is 244 g/mol. The molecule has 0 radical (unpaired) electrons. The van der Waals surface area contributed by atoms with E-state index in [1.807, 2.05) is 19.1 Å². The van der Waals surface area contributed by atoms with Gasteiger partial charge in [-0.3, -0.25) is 0 Å². The van der Waals surface area contributed by atoms with Gasteiger partial charge in [-0.15, -0.1) is 0 Å². The van der Waals surface area contributed by atoms with Gasteiger partial charge in [0.2, 0.25) is 0 Å². The lowest BCUT2D eigenvalue weighted by molar-refractivity contribution is 0.302. The Morgan fingerprint density at radius 3 is 2.33 bits per heavy atom. The fourth-order valence-electron chi connectivity index (χ4n) is 1.76. The van der Waals surface area contributed by atoms with E-state index in [2.05, 4.69) is 19.1 Å². The molecule has 1 nitrogen and oxygen atoms in total. The van der Waals surface area contributed by atoms with E-state index in [0.29, 0.717) is 12.4 Å². The van der Waals surface area contributed by atoms with Crippen LogP contribution in [0.3, 0.4) is 0 Å². The zero-order valence-corrected chi connectivity index (χ0v) is 10.7. The van der Waals surface area contributed by atoms with Gasteiger partial charge in [0.05, 0.1) is 0 Å². The summed E-state index contributed by atoms with van der Waals surface area (Å²) in [4.78, 5) is 0. The van der Waals surface area contributed by atoms with Crippen molar-refractivity contribution < 1.29 is 9.13 Å². The van der Waals surface area contributed by atoms with Gasteiger partial charge in [0.25, 0.3) is 0 Å². The molecule has 0 unspecified atom stereocenters. The number of hydrogen-bond acceptors (Lipinski definition) is 1. The first-order valence-corrected chi connectivity index (χ1v) is 6.16. The van der Waals surface area contributed by atoms with E-state index in [4.69, 9.17) is 4.74 Å². The molecule has 2 heteroatoms. The summed E-state index contributed by atoms with van der Waals surface area (Å²) in [5.41, 5.74) is 3.35. The zero-order valence-electron chi connectivity index (χ0n) is 10.7. The van der Waals surface area contributed by atoms with Crippen LogP contribution in [-0.2, 0) is 13.0 Å². The fourth-order valence-corrected chi connectivity index (χ4v) is 1.76. The monoisotopic (exact) mass is 244 g/mol. The second-order valence-corrected chi connectivity index (χ2v) is 4.37. The Morgan fingerprint density at radius 2 is 1.67 bits per heavy atom. The van der Waals surface area contributed by atoms with Gasteiger partial charge < -0.3 is 4.74 Å². The maximum absolute atomic E-state index is 13.1. The number of hydrogen-bond donors (Lipinski definition) is 0. The number of benzene rings is 2. The Balaban J connectivity index is 2.04. The molecule has 0 saturated heterocycles. The summed E-state index contributed by atoms with van der Waals surface area (Å²) in [6, 6.07) is 12.9. The van der Waals surface area contributed by atoms with Crippen LogP contribution in [0, 0.1) is 12.7 Å². The van der Waals surface area contributed by atoms with Gasteiger partial charge in [0.15, 0.2) is 0 Å². The minimum atomic E-state index is -0.267. The highest BCUT2D eigenvalue weighted by molar-refractivity contribution is 5.33. The molecule has 0 heterocycles. The SMILES string of the molecule is CCc1ccc(COc2cc(F)ccc2C)cc1. The van der Waals surface area contributed by atoms with Crippen molar-refractivity contribution in [3.63, 3.8) is 0 Å². The third-order valence-corrected chi connectivity index (χ3v) is 2.98. The van der Waals surface area contributed by atoms with Crippen LogP contribution in [0.1, 0.15) is 23.6 Å². The van der Waals surface area contributed by atoms with Crippen molar-refractivity contribution in [1.29, 1.82) is 0 Å². The standard InChI is InChI=1S/C16H17FO/c1-3-13-5-7-14(8-6-13)11-18-16-10-15(17)9-4-12(16)2/h4-10H,3,11H2,1-2H3. The lowest BCUT2D eigenvalue weighted by Gasteiger charge is -2.09. The Bertz CT molecular complexity index is 517. The summed E-state index contributed by atoms with van der Waals surface area (Å²) in [5, 5.41) is 0. The highest BCUT2D eigenvalue weighted by Crippen LogP contribution is 2.20. The topological polar surface area (TPSA) is 9.23 Å². The summed E-state index contributed by atoms with van der Waals surface area (Å²) in [6.45, 7) is 4.50. The molecule has 0 aliphatic heterocycles. The van der Waals surface area contributed by atoms with E-state index in [9.17, 15) is 4.39 Å². The van der Waals surface area contributed by atoms with E-state index < -0.39 is 0 Å². The molecular weight excluding hydrogens is 227 g/mol. The van der Waals surface area contributed by atoms with Crippen LogP contribution in [0.4, 0.5) is 4.39 Å². The first-order chi connectivity index (χ1) is 8.69. The van der Waals surface area contributed by atoms with E-state index >= 15 is 0 Å². The van der Waals surface area contributed by atoms with E-state index in [1.54, 1.807) is 6.07 Å². The van der Waals surface area contributed by atoms with Crippen molar-refractivity contribution in [1.82, 2.24) is 0 Å². The fraction of sp³-hybridized carbons (Fsp3) is 0.250. The molecule has 0 saturated carbocycles. The van der Waals surface area contributed by atoms with Gasteiger partial charge in [-0.05, 0) is 36.1 Å². The van der Waals surface area contributed by atoms with Crippen LogP contribution >= 0.6 is 0 Å². The summed E-state index contributed by atoms with van der Waals surface area (Å²) in [6.07, 6.45) is 1.03. The molecule has 0 atom stereocenters. The van der Waals surface area contributed by atoms with Crippen LogP contribution in [0.15, 0.2) is 42.5 Å². The van der Waals surface area contributed by atoms with Crippen molar-refractivity contribution in [3.05, 3.63) is 65.0 Å². The second-order valence-electron chi connectivity index (χ2n) is 4.37. The summed E-state index contributed by atoms with van der Waals surface area (Å²) < 4.78 is 18.7. The second kappa shape index (κ2) is 5.67. The van der Waals surface area contributed by atoms with Gasteiger partial charge in [-0.25, -0.2) is 4.39 Å². The molecule has 2 rings (SSSR count). The Labute approximate surface area is 107 Å². The van der Waals surface area contributed by atoms with Crippen molar-refractivity contribution in [3.8, 4) is 5.75 Å². The number of ether oxygens (including phenoxy) is 1. The zero-order chi connectivity index (χ0) is 13.0. The van der Waals surface area contributed by atoms with Crippen LogP contribution < -0.4 is 4.74 Å². The maximum atomic E-state index is 13.1. The molecule has 2 aromatic rings. The predicted octanol–water partition coefficient (Wildman–Crippen LogP) is 4.28. The highest BCUT2D eigenvalue weighted by atomic mass is 19.1. The Kier molecular flexibility index (Phi) is 3.98. The first kappa shape index (κ1) is 12.6. The summed E-state index contributed by atoms with van der Waals surface area (Å²) in [5.74, 6) is 0.339. The number of aryl methyl sites for hydroxylation is 2. The van der Waals surface area contributed by atoms with Gasteiger partial charge in [0, 0.05) is 6.07 Å². The van der Waals surface area contributed by atoms with Gasteiger partial charge in [0.1, 0.15) is 18.2 Å². The molecule has 0 bridgehead atoms. The number of halogens is 1. The van der Waals surface area contributed by atoms with Crippen molar-refractivity contribution in [2.24, 2.45) is 0 Å². The summed E-state index contributed by atoms with van der Waals surface area (Å²) >= 11 is 0. The quantitative estimate of drug-likeness (QED) is 0.780. The molecule has 18 heavy (non-hydrogen) atoms. The molecule has 0 aliphatic carbocycles. The van der Waals surface area contributed by atoms with Crippen molar-refractivity contribution >= 4 is 0 Å². The molecule has 0 spiro atoms. The van der Waals surface area contributed by atoms with Gasteiger partial charge in [-0.2, -0.15) is 0 Å². The third-order valence-electron chi connectivity index (χ3n) is 2.98. The Hall–Kier alpha value is -1.83. The molecular formula is C16H17FO. The minimum Gasteiger partial charge on any atom is -0.489 e. The van der Waals surface area contributed by atoms with E-state index in [-0.39, 0.29) is 5.82 Å². The van der Waals surface area contributed by atoms with Crippen molar-refractivity contribution in [2.75, 3.05) is 0 Å².